The molecule has 0 fully saturated rings. The van der Waals surface area contributed by atoms with Crippen LogP contribution in [0.25, 0.3) is 0 Å². The van der Waals surface area contributed by atoms with E-state index in [9.17, 15) is 26.3 Å². The summed E-state index contributed by atoms with van der Waals surface area (Å²) in [6, 6.07) is 0. The molecule has 0 saturated heterocycles. The first-order valence-corrected chi connectivity index (χ1v) is 3.85. The van der Waals surface area contributed by atoms with Gasteiger partial charge in [-0.2, -0.15) is 26.3 Å². The Morgan fingerprint density at radius 3 is 2.12 bits per heavy atom. The van der Waals surface area contributed by atoms with Gasteiger partial charge < -0.3 is 9.73 Å². The Kier molecular flexibility index (Phi) is 3.41. The Balaban J connectivity index is 2.48. The molecular formula is C6H5F6N3O. The molecule has 0 aromatic carbocycles. The highest BCUT2D eigenvalue weighted by molar-refractivity contribution is 4.85. The van der Waals surface area contributed by atoms with Crippen molar-refractivity contribution in [2.45, 2.75) is 18.9 Å². The summed E-state index contributed by atoms with van der Waals surface area (Å²) >= 11 is 0. The fraction of sp³-hybridized carbons (Fsp3) is 0.667. The van der Waals surface area contributed by atoms with Crippen molar-refractivity contribution >= 4 is 0 Å². The first-order chi connectivity index (χ1) is 7.18. The minimum Gasteiger partial charge on any atom is -0.416 e. The van der Waals surface area contributed by atoms with Crippen molar-refractivity contribution in [3.05, 3.63) is 11.8 Å². The van der Waals surface area contributed by atoms with Crippen molar-refractivity contribution < 1.29 is 30.8 Å². The summed E-state index contributed by atoms with van der Waals surface area (Å²) in [5.41, 5.74) is 0. The lowest BCUT2D eigenvalue weighted by atomic mass is 10.5. The van der Waals surface area contributed by atoms with Crippen molar-refractivity contribution in [3.8, 4) is 0 Å². The minimum absolute atomic E-state index is 0.559. The lowest BCUT2D eigenvalue weighted by molar-refractivity contribution is -0.157. The van der Waals surface area contributed by atoms with Crippen LogP contribution in [0.3, 0.4) is 0 Å². The molecule has 0 saturated carbocycles. The molecule has 1 rings (SSSR count). The predicted octanol–water partition coefficient (Wildman–Crippen LogP) is 1.74. The normalized spacial score (nSPS) is 13.1. The lowest BCUT2D eigenvalue weighted by Crippen LogP contribution is -2.28. The van der Waals surface area contributed by atoms with E-state index in [1.54, 1.807) is 0 Å². The number of nitrogens with one attached hydrogen (secondary N) is 1. The van der Waals surface area contributed by atoms with Gasteiger partial charge in [0, 0.05) is 0 Å². The molecule has 0 unspecified atom stereocenters. The average molecular weight is 249 g/mol. The van der Waals surface area contributed by atoms with Crippen LogP contribution in [0, 0.1) is 0 Å². The molecule has 1 heterocycles. The molecule has 0 aliphatic carbocycles. The standard InChI is InChI=1S/C6H5F6N3O/c7-5(8,9)2-13-1-3-14-15-4(16-3)6(10,11)12/h13H,1-2H2. The van der Waals surface area contributed by atoms with Crippen LogP contribution >= 0.6 is 0 Å². The Morgan fingerprint density at radius 1 is 1.06 bits per heavy atom. The molecule has 4 nitrogen and oxygen atoms in total. The summed E-state index contributed by atoms with van der Waals surface area (Å²) in [6.07, 6.45) is -9.25. The van der Waals surface area contributed by atoms with Gasteiger partial charge in [-0.05, 0) is 0 Å². The van der Waals surface area contributed by atoms with Gasteiger partial charge in [-0.15, -0.1) is 10.2 Å². The van der Waals surface area contributed by atoms with Gasteiger partial charge in [-0.3, -0.25) is 0 Å². The van der Waals surface area contributed by atoms with E-state index >= 15 is 0 Å². The molecule has 0 radical (unpaired) electrons. The second kappa shape index (κ2) is 4.28. The molecule has 10 heteroatoms. The molecule has 16 heavy (non-hydrogen) atoms. The average Bonchev–Trinajstić information content (AvgIpc) is 2.49. The van der Waals surface area contributed by atoms with Gasteiger partial charge in [0.15, 0.2) is 0 Å². The van der Waals surface area contributed by atoms with E-state index in [1.807, 2.05) is 5.32 Å². The Bertz CT molecular complexity index is 343. The summed E-state index contributed by atoms with van der Waals surface area (Å²) < 4.78 is 74.8. The molecule has 0 amide bonds. The number of aromatic nitrogens is 2. The minimum atomic E-state index is -4.80. The van der Waals surface area contributed by atoms with Crippen molar-refractivity contribution in [3.63, 3.8) is 0 Å². The SMILES string of the molecule is FC(F)(F)CNCc1nnc(C(F)(F)F)o1. The number of alkyl halides is 6. The van der Waals surface area contributed by atoms with Crippen LogP contribution in [-0.2, 0) is 12.7 Å². The summed E-state index contributed by atoms with van der Waals surface area (Å²) in [4.78, 5) is 0. The smallest absolute Gasteiger partial charge is 0.416 e. The molecule has 1 aromatic heterocycles. The van der Waals surface area contributed by atoms with Gasteiger partial charge in [-0.1, -0.05) is 0 Å². The van der Waals surface area contributed by atoms with Crippen LogP contribution in [0.4, 0.5) is 26.3 Å². The van der Waals surface area contributed by atoms with E-state index < -0.39 is 37.2 Å². The fourth-order valence-electron chi connectivity index (χ4n) is 0.751. The van der Waals surface area contributed by atoms with E-state index in [0.717, 1.165) is 0 Å². The molecular weight excluding hydrogens is 244 g/mol. The summed E-state index contributed by atoms with van der Waals surface area (Å²) in [6.45, 7) is -1.93. The van der Waals surface area contributed by atoms with Crippen LogP contribution in [0.15, 0.2) is 4.42 Å². The molecule has 0 spiro atoms. The van der Waals surface area contributed by atoms with Crippen LogP contribution in [0.2, 0.25) is 0 Å². The van der Waals surface area contributed by atoms with E-state index in [-0.39, 0.29) is 0 Å². The van der Waals surface area contributed by atoms with Crippen molar-refractivity contribution in [1.29, 1.82) is 0 Å². The first kappa shape index (κ1) is 12.7. The number of hydrogen-bond donors (Lipinski definition) is 1. The van der Waals surface area contributed by atoms with E-state index in [2.05, 4.69) is 14.6 Å². The van der Waals surface area contributed by atoms with Crippen molar-refractivity contribution in [2.24, 2.45) is 0 Å². The van der Waals surface area contributed by atoms with Crippen LogP contribution < -0.4 is 5.32 Å². The van der Waals surface area contributed by atoms with Gasteiger partial charge in [0.1, 0.15) is 0 Å². The number of nitrogens with zero attached hydrogens (tertiary/aromatic N) is 2. The molecule has 0 aliphatic heterocycles. The number of hydrogen-bond acceptors (Lipinski definition) is 4. The van der Waals surface area contributed by atoms with Crippen LogP contribution in [-0.4, -0.2) is 22.9 Å². The van der Waals surface area contributed by atoms with E-state index in [1.165, 1.54) is 0 Å². The van der Waals surface area contributed by atoms with Crippen LogP contribution in [0.5, 0.6) is 0 Å². The van der Waals surface area contributed by atoms with E-state index in [0.29, 0.717) is 0 Å². The maximum absolute atomic E-state index is 11.9. The topological polar surface area (TPSA) is 51.0 Å². The van der Waals surface area contributed by atoms with Crippen molar-refractivity contribution in [1.82, 2.24) is 15.5 Å². The zero-order valence-corrected chi connectivity index (χ0v) is 7.48. The third kappa shape index (κ3) is 4.04. The molecule has 1 N–H and O–H groups in total. The quantitative estimate of drug-likeness (QED) is 0.829. The second-order valence-electron chi connectivity index (χ2n) is 2.72. The second-order valence-corrected chi connectivity index (χ2v) is 2.72. The van der Waals surface area contributed by atoms with Crippen molar-refractivity contribution in [2.75, 3.05) is 6.54 Å². The third-order valence-electron chi connectivity index (χ3n) is 1.31. The van der Waals surface area contributed by atoms with Gasteiger partial charge in [0.2, 0.25) is 5.89 Å². The molecule has 0 bridgehead atoms. The van der Waals surface area contributed by atoms with Gasteiger partial charge in [0.25, 0.3) is 0 Å². The Morgan fingerprint density at radius 2 is 1.69 bits per heavy atom. The third-order valence-corrected chi connectivity index (χ3v) is 1.31. The van der Waals surface area contributed by atoms with Gasteiger partial charge in [0.05, 0.1) is 13.1 Å². The highest BCUT2D eigenvalue weighted by Crippen LogP contribution is 2.27. The zero-order chi connectivity index (χ0) is 12.4. The summed E-state index contributed by atoms with van der Waals surface area (Å²) in [5.74, 6) is -2.15. The lowest BCUT2D eigenvalue weighted by Gasteiger charge is -2.05. The summed E-state index contributed by atoms with van der Waals surface area (Å²) in [7, 11) is 0. The zero-order valence-electron chi connectivity index (χ0n) is 7.48. The molecule has 0 atom stereocenters. The van der Waals surface area contributed by atoms with Crippen LogP contribution in [0.1, 0.15) is 11.8 Å². The van der Waals surface area contributed by atoms with E-state index in [4.69, 9.17) is 0 Å². The predicted molar refractivity (Wildman–Crippen MR) is 37.1 cm³/mol. The van der Waals surface area contributed by atoms with Gasteiger partial charge in [-0.25, -0.2) is 0 Å². The first-order valence-electron chi connectivity index (χ1n) is 3.85. The highest BCUT2D eigenvalue weighted by atomic mass is 19.4. The number of halogens is 6. The maximum Gasteiger partial charge on any atom is 0.470 e. The molecule has 1 aromatic rings. The highest BCUT2D eigenvalue weighted by Gasteiger charge is 2.38. The molecule has 92 valence electrons. The monoisotopic (exact) mass is 249 g/mol. The fourth-order valence-corrected chi connectivity index (χ4v) is 0.751. The summed E-state index contributed by atoms with van der Waals surface area (Å²) in [5, 5.41) is 7.39. The van der Waals surface area contributed by atoms with Gasteiger partial charge >= 0.3 is 18.2 Å². The Hall–Kier alpha value is -1.32. The number of rotatable bonds is 3. The largest absolute Gasteiger partial charge is 0.470 e. The Labute approximate surface area is 84.6 Å². The molecule has 0 aliphatic rings. The maximum atomic E-state index is 11.9.